The molecule has 1 heterocycles. The number of hydrogen-bond donors (Lipinski definition) is 3. The van der Waals surface area contributed by atoms with Gasteiger partial charge in [-0.1, -0.05) is 57.6 Å². The van der Waals surface area contributed by atoms with Crippen LogP contribution in [0.25, 0.3) is 0 Å². The fourth-order valence-corrected chi connectivity index (χ4v) is 5.92. The lowest BCUT2D eigenvalue weighted by Crippen LogP contribution is -2.26. The van der Waals surface area contributed by atoms with Crippen LogP contribution in [0.5, 0.6) is 0 Å². The third-order valence-corrected chi connectivity index (χ3v) is 7.61. The Morgan fingerprint density at radius 1 is 1.15 bits per heavy atom. The summed E-state index contributed by atoms with van der Waals surface area (Å²) < 4.78 is 24.8. The summed E-state index contributed by atoms with van der Waals surface area (Å²) in [6, 6.07) is 0. The Bertz CT molecular complexity index is 581. The first-order chi connectivity index (χ1) is 12.6. The van der Waals surface area contributed by atoms with Gasteiger partial charge in [-0.15, -0.1) is 0 Å². The second-order valence-electron chi connectivity index (χ2n) is 8.03. The summed E-state index contributed by atoms with van der Waals surface area (Å²) in [5, 5.41) is 28.7. The topological polar surface area (TPSA) is 112 Å². The Morgan fingerprint density at radius 2 is 1.81 bits per heavy atom. The second-order valence-corrected chi connectivity index (χ2v) is 10.3. The maximum atomic E-state index is 12.4. The van der Waals surface area contributed by atoms with Crippen LogP contribution in [0.4, 0.5) is 0 Å². The average Bonchev–Trinajstić information content (AvgIpc) is 2.77. The molecule has 3 N–H and O–H groups in total. The molecule has 0 aromatic rings. The molecular formula is C20H36O6S. The van der Waals surface area contributed by atoms with Crippen molar-refractivity contribution in [1.82, 2.24) is 0 Å². The van der Waals surface area contributed by atoms with Crippen LogP contribution in [0.1, 0.15) is 78.1 Å². The standard InChI is InChI=1S/C20H36O6S/c1-3-4-9-13-20(2,24)14-12-16-17(21)15-27(25,26)18(16)10-7-5-6-8-11-19(22)23/h12,14,16-18,21,24H,3-11,13,15H2,1-2H3,(H,22,23)/b14-12+. The molecule has 0 aromatic carbocycles. The highest BCUT2D eigenvalue weighted by Crippen LogP contribution is 2.33. The molecule has 1 saturated heterocycles. The number of aliphatic hydroxyl groups excluding tert-OH is 1. The summed E-state index contributed by atoms with van der Waals surface area (Å²) in [7, 11) is -3.36. The molecule has 0 radical (unpaired) electrons. The predicted molar refractivity (Wildman–Crippen MR) is 106 cm³/mol. The van der Waals surface area contributed by atoms with Crippen molar-refractivity contribution in [2.75, 3.05) is 5.75 Å². The Balaban J connectivity index is 2.61. The normalized spacial score (nSPS) is 27.0. The highest BCUT2D eigenvalue weighted by molar-refractivity contribution is 7.92. The fraction of sp³-hybridized carbons (Fsp3) is 0.850. The lowest BCUT2D eigenvalue weighted by atomic mass is 9.91. The summed E-state index contributed by atoms with van der Waals surface area (Å²) in [5.74, 6) is -1.54. The van der Waals surface area contributed by atoms with Crippen molar-refractivity contribution in [3.8, 4) is 0 Å². The van der Waals surface area contributed by atoms with Gasteiger partial charge >= 0.3 is 5.97 Å². The van der Waals surface area contributed by atoms with Crippen LogP contribution in [0.15, 0.2) is 12.2 Å². The van der Waals surface area contributed by atoms with Crippen molar-refractivity contribution >= 4 is 15.8 Å². The van der Waals surface area contributed by atoms with E-state index in [1.807, 2.05) is 0 Å². The number of carbonyl (C=O) groups is 1. The first kappa shape index (κ1) is 24.1. The van der Waals surface area contributed by atoms with Crippen LogP contribution < -0.4 is 0 Å². The third-order valence-electron chi connectivity index (χ3n) is 5.33. The molecule has 0 aromatic heterocycles. The van der Waals surface area contributed by atoms with E-state index in [9.17, 15) is 23.4 Å². The Hall–Kier alpha value is -0.920. The molecule has 1 fully saturated rings. The van der Waals surface area contributed by atoms with Crippen LogP contribution in [-0.4, -0.2) is 52.4 Å². The minimum Gasteiger partial charge on any atom is -0.481 e. The number of aliphatic carboxylic acids is 1. The average molecular weight is 405 g/mol. The van der Waals surface area contributed by atoms with Crippen LogP contribution in [0.2, 0.25) is 0 Å². The molecule has 4 unspecified atom stereocenters. The van der Waals surface area contributed by atoms with Gasteiger partial charge in [0.15, 0.2) is 9.84 Å². The molecule has 0 amide bonds. The maximum Gasteiger partial charge on any atom is 0.303 e. The van der Waals surface area contributed by atoms with Crippen molar-refractivity contribution < 1.29 is 28.5 Å². The molecule has 27 heavy (non-hydrogen) atoms. The number of hydrogen-bond acceptors (Lipinski definition) is 5. The van der Waals surface area contributed by atoms with Gasteiger partial charge in [-0.05, 0) is 26.2 Å². The Morgan fingerprint density at radius 3 is 2.44 bits per heavy atom. The minimum absolute atomic E-state index is 0.138. The van der Waals surface area contributed by atoms with E-state index in [-0.39, 0.29) is 12.2 Å². The van der Waals surface area contributed by atoms with Crippen molar-refractivity contribution in [2.24, 2.45) is 5.92 Å². The van der Waals surface area contributed by atoms with E-state index in [1.54, 1.807) is 19.1 Å². The van der Waals surface area contributed by atoms with Gasteiger partial charge in [0.1, 0.15) is 0 Å². The van der Waals surface area contributed by atoms with Crippen molar-refractivity contribution in [1.29, 1.82) is 0 Å². The molecule has 0 spiro atoms. The number of unbranched alkanes of at least 4 members (excludes halogenated alkanes) is 5. The Labute approximate surface area is 163 Å². The van der Waals surface area contributed by atoms with Gasteiger partial charge in [0, 0.05) is 12.3 Å². The highest BCUT2D eigenvalue weighted by Gasteiger charge is 2.44. The van der Waals surface area contributed by atoms with Gasteiger partial charge in [-0.3, -0.25) is 4.79 Å². The van der Waals surface area contributed by atoms with Gasteiger partial charge in [0.05, 0.1) is 22.7 Å². The summed E-state index contributed by atoms with van der Waals surface area (Å²) in [4.78, 5) is 10.5. The van der Waals surface area contributed by atoms with Crippen molar-refractivity contribution in [2.45, 2.75) is 95.0 Å². The smallest absolute Gasteiger partial charge is 0.303 e. The fourth-order valence-electron chi connectivity index (χ4n) is 3.69. The first-order valence-electron chi connectivity index (χ1n) is 10.1. The van der Waals surface area contributed by atoms with Crippen LogP contribution in [0.3, 0.4) is 0 Å². The van der Waals surface area contributed by atoms with Crippen molar-refractivity contribution in [3.05, 3.63) is 12.2 Å². The van der Waals surface area contributed by atoms with E-state index in [4.69, 9.17) is 5.11 Å². The molecule has 0 aliphatic carbocycles. The first-order valence-corrected chi connectivity index (χ1v) is 11.8. The summed E-state index contributed by atoms with van der Waals surface area (Å²) in [6.07, 6.45) is 9.44. The number of carboxylic acid groups (broad SMARTS) is 1. The zero-order chi connectivity index (χ0) is 20.5. The minimum atomic E-state index is -3.36. The number of carboxylic acids is 1. The number of rotatable bonds is 13. The largest absolute Gasteiger partial charge is 0.481 e. The summed E-state index contributed by atoms with van der Waals surface area (Å²) in [6.45, 7) is 3.81. The molecule has 4 atom stereocenters. The SMILES string of the molecule is CCCCCC(C)(O)/C=C/C1C(O)CS(=O)(=O)C1CCCCCCC(=O)O. The summed E-state index contributed by atoms with van der Waals surface area (Å²) >= 11 is 0. The lowest BCUT2D eigenvalue weighted by Gasteiger charge is -2.22. The van der Waals surface area contributed by atoms with E-state index in [0.29, 0.717) is 25.7 Å². The quantitative estimate of drug-likeness (QED) is 0.321. The molecular weight excluding hydrogens is 368 g/mol. The monoisotopic (exact) mass is 404 g/mol. The molecule has 6 nitrogen and oxygen atoms in total. The number of aliphatic hydroxyl groups is 2. The zero-order valence-electron chi connectivity index (χ0n) is 16.6. The van der Waals surface area contributed by atoms with Gasteiger partial charge in [-0.25, -0.2) is 8.42 Å². The van der Waals surface area contributed by atoms with E-state index in [2.05, 4.69) is 6.92 Å². The van der Waals surface area contributed by atoms with E-state index < -0.39 is 38.7 Å². The zero-order valence-corrected chi connectivity index (χ0v) is 17.5. The van der Waals surface area contributed by atoms with Gasteiger partial charge in [0.2, 0.25) is 0 Å². The van der Waals surface area contributed by atoms with Crippen molar-refractivity contribution in [3.63, 3.8) is 0 Å². The van der Waals surface area contributed by atoms with Gasteiger partial charge in [0.25, 0.3) is 0 Å². The molecule has 1 rings (SSSR count). The van der Waals surface area contributed by atoms with Crippen LogP contribution in [-0.2, 0) is 14.6 Å². The van der Waals surface area contributed by atoms with E-state index in [1.165, 1.54) is 0 Å². The molecule has 1 aliphatic heterocycles. The number of sulfone groups is 1. The molecule has 7 heteroatoms. The molecule has 0 saturated carbocycles. The highest BCUT2D eigenvalue weighted by atomic mass is 32.2. The lowest BCUT2D eigenvalue weighted by molar-refractivity contribution is -0.137. The van der Waals surface area contributed by atoms with Gasteiger partial charge < -0.3 is 15.3 Å². The third kappa shape index (κ3) is 8.75. The van der Waals surface area contributed by atoms with E-state index in [0.717, 1.165) is 32.1 Å². The van der Waals surface area contributed by atoms with Gasteiger partial charge in [-0.2, -0.15) is 0 Å². The summed E-state index contributed by atoms with van der Waals surface area (Å²) in [5.41, 5.74) is -0.997. The van der Waals surface area contributed by atoms with Crippen LogP contribution in [0, 0.1) is 5.92 Å². The Kier molecular flexibility index (Phi) is 9.98. The van der Waals surface area contributed by atoms with Crippen LogP contribution >= 0.6 is 0 Å². The molecule has 158 valence electrons. The second kappa shape index (κ2) is 11.2. The molecule has 1 aliphatic rings. The van der Waals surface area contributed by atoms with E-state index >= 15 is 0 Å². The maximum absolute atomic E-state index is 12.4. The predicted octanol–water partition coefficient (Wildman–Crippen LogP) is 3.07. The molecule has 0 bridgehead atoms.